The number of hydrogen-bond donors (Lipinski definition) is 1. The van der Waals surface area contributed by atoms with Gasteiger partial charge in [0.15, 0.2) is 0 Å². The standard InChI is InChI=1S/C20H24ClN5O/c1-12-18(14(3)25(5)23-12)10-22-20(27)17-8-6-16(7-9-17)11-26-15(4)19(21)13(2)24-26/h6-9H,10-11H2,1-5H3,(H,22,27). The molecule has 2 aromatic heterocycles. The molecule has 0 atom stereocenters. The maximum Gasteiger partial charge on any atom is 0.251 e. The van der Waals surface area contributed by atoms with Crippen LogP contribution in [0.3, 0.4) is 0 Å². The summed E-state index contributed by atoms with van der Waals surface area (Å²) in [6, 6.07) is 7.56. The van der Waals surface area contributed by atoms with Gasteiger partial charge in [0.25, 0.3) is 5.91 Å². The molecule has 2 heterocycles. The Morgan fingerprint density at radius 2 is 1.70 bits per heavy atom. The van der Waals surface area contributed by atoms with Gasteiger partial charge in [-0.15, -0.1) is 0 Å². The molecule has 0 saturated carbocycles. The summed E-state index contributed by atoms with van der Waals surface area (Å²) in [5.41, 5.74) is 6.52. The highest BCUT2D eigenvalue weighted by Gasteiger charge is 2.12. The van der Waals surface area contributed by atoms with Gasteiger partial charge in [0.05, 0.1) is 28.6 Å². The number of carbonyl (C=O) groups is 1. The lowest BCUT2D eigenvalue weighted by Gasteiger charge is -2.08. The Bertz CT molecular complexity index is 985. The predicted octanol–water partition coefficient (Wildman–Crippen LogP) is 3.48. The topological polar surface area (TPSA) is 64.7 Å². The van der Waals surface area contributed by atoms with E-state index in [4.69, 9.17) is 11.6 Å². The van der Waals surface area contributed by atoms with E-state index in [0.29, 0.717) is 23.7 Å². The van der Waals surface area contributed by atoms with Gasteiger partial charge in [-0.05, 0) is 45.4 Å². The number of benzene rings is 1. The van der Waals surface area contributed by atoms with Gasteiger partial charge in [-0.3, -0.25) is 14.2 Å². The van der Waals surface area contributed by atoms with Crippen LogP contribution in [0.25, 0.3) is 0 Å². The lowest BCUT2D eigenvalue weighted by atomic mass is 10.1. The molecule has 3 aromatic rings. The number of aryl methyl sites for hydroxylation is 3. The third kappa shape index (κ3) is 3.90. The minimum Gasteiger partial charge on any atom is -0.348 e. The predicted molar refractivity (Wildman–Crippen MR) is 106 cm³/mol. The third-order valence-electron chi connectivity index (χ3n) is 4.93. The highest BCUT2D eigenvalue weighted by molar-refractivity contribution is 6.31. The average molecular weight is 386 g/mol. The Kier molecular flexibility index (Phi) is 5.37. The van der Waals surface area contributed by atoms with Crippen molar-refractivity contribution in [2.24, 2.45) is 7.05 Å². The number of carbonyl (C=O) groups excluding carboxylic acids is 1. The van der Waals surface area contributed by atoms with Crippen LogP contribution < -0.4 is 5.32 Å². The van der Waals surface area contributed by atoms with E-state index in [-0.39, 0.29) is 5.91 Å². The number of nitrogens with one attached hydrogen (secondary N) is 1. The van der Waals surface area contributed by atoms with Gasteiger partial charge < -0.3 is 5.32 Å². The van der Waals surface area contributed by atoms with Gasteiger partial charge in [0, 0.05) is 30.4 Å². The van der Waals surface area contributed by atoms with E-state index in [0.717, 1.165) is 33.9 Å². The Morgan fingerprint density at radius 3 is 2.22 bits per heavy atom. The Labute approximate surface area is 164 Å². The van der Waals surface area contributed by atoms with Gasteiger partial charge in [-0.2, -0.15) is 10.2 Å². The van der Waals surface area contributed by atoms with Gasteiger partial charge in [0.2, 0.25) is 0 Å². The maximum absolute atomic E-state index is 12.4. The number of aromatic nitrogens is 4. The number of hydrogen-bond acceptors (Lipinski definition) is 3. The molecule has 0 unspecified atom stereocenters. The maximum atomic E-state index is 12.4. The monoisotopic (exact) mass is 385 g/mol. The van der Waals surface area contributed by atoms with Gasteiger partial charge in [0.1, 0.15) is 0 Å². The first-order chi connectivity index (χ1) is 12.8. The fourth-order valence-electron chi connectivity index (χ4n) is 3.11. The van der Waals surface area contributed by atoms with Crippen LogP contribution in [0.4, 0.5) is 0 Å². The van der Waals surface area contributed by atoms with Crippen molar-refractivity contribution < 1.29 is 4.79 Å². The summed E-state index contributed by atoms with van der Waals surface area (Å²) >= 11 is 6.20. The normalized spacial score (nSPS) is 11.0. The van der Waals surface area contributed by atoms with E-state index in [1.165, 1.54) is 0 Å². The summed E-state index contributed by atoms with van der Waals surface area (Å²) in [5.74, 6) is -0.0987. The van der Waals surface area contributed by atoms with Crippen molar-refractivity contribution in [3.8, 4) is 0 Å². The summed E-state index contributed by atoms with van der Waals surface area (Å²) in [6.07, 6.45) is 0. The van der Waals surface area contributed by atoms with Crippen LogP contribution in [-0.4, -0.2) is 25.5 Å². The second-order valence-corrected chi connectivity index (χ2v) is 7.17. The van der Waals surface area contributed by atoms with Crippen molar-refractivity contribution in [2.75, 3.05) is 0 Å². The molecule has 0 aliphatic rings. The van der Waals surface area contributed by atoms with E-state index in [1.807, 2.05) is 68.4 Å². The third-order valence-corrected chi connectivity index (χ3v) is 5.47. The van der Waals surface area contributed by atoms with Crippen molar-refractivity contribution in [2.45, 2.75) is 40.8 Å². The van der Waals surface area contributed by atoms with Crippen LogP contribution in [-0.2, 0) is 20.1 Å². The molecule has 0 fully saturated rings. The first-order valence-corrected chi connectivity index (χ1v) is 9.21. The van der Waals surface area contributed by atoms with Gasteiger partial charge >= 0.3 is 0 Å². The van der Waals surface area contributed by atoms with Crippen LogP contribution in [0.5, 0.6) is 0 Å². The van der Waals surface area contributed by atoms with Gasteiger partial charge in [-0.1, -0.05) is 23.7 Å². The zero-order chi connectivity index (χ0) is 19.7. The van der Waals surface area contributed by atoms with Crippen molar-refractivity contribution in [3.05, 3.63) is 68.8 Å². The second-order valence-electron chi connectivity index (χ2n) is 6.80. The minimum atomic E-state index is -0.0987. The van der Waals surface area contributed by atoms with Crippen molar-refractivity contribution in [1.82, 2.24) is 24.9 Å². The van der Waals surface area contributed by atoms with Gasteiger partial charge in [-0.25, -0.2) is 0 Å². The largest absolute Gasteiger partial charge is 0.348 e. The Balaban J connectivity index is 1.66. The summed E-state index contributed by atoms with van der Waals surface area (Å²) in [4.78, 5) is 12.4. The molecule has 1 aromatic carbocycles. The first kappa shape index (κ1) is 19.2. The molecule has 0 spiro atoms. The average Bonchev–Trinajstić information content (AvgIpc) is 3.03. The quantitative estimate of drug-likeness (QED) is 0.731. The number of halogens is 1. The molecule has 3 rings (SSSR count). The number of rotatable bonds is 5. The summed E-state index contributed by atoms with van der Waals surface area (Å²) < 4.78 is 3.71. The van der Waals surface area contributed by atoms with E-state index in [2.05, 4.69) is 15.5 Å². The summed E-state index contributed by atoms with van der Waals surface area (Å²) in [7, 11) is 1.91. The van der Waals surface area contributed by atoms with Crippen LogP contribution in [0.2, 0.25) is 5.02 Å². The minimum absolute atomic E-state index is 0.0987. The highest BCUT2D eigenvalue weighted by atomic mass is 35.5. The Morgan fingerprint density at radius 1 is 1.04 bits per heavy atom. The fourth-order valence-corrected chi connectivity index (χ4v) is 3.24. The molecule has 6 nitrogen and oxygen atoms in total. The number of amides is 1. The van der Waals surface area contributed by atoms with Crippen LogP contribution in [0, 0.1) is 27.7 Å². The molecular formula is C20H24ClN5O. The molecule has 0 saturated heterocycles. The van der Waals surface area contributed by atoms with Crippen LogP contribution in [0.15, 0.2) is 24.3 Å². The molecule has 142 valence electrons. The van der Waals surface area contributed by atoms with Crippen molar-refractivity contribution >= 4 is 17.5 Å². The molecule has 1 N–H and O–H groups in total. The van der Waals surface area contributed by atoms with Crippen LogP contribution >= 0.6 is 11.6 Å². The molecule has 0 bridgehead atoms. The molecule has 1 amide bonds. The molecule has 7 heteroatoms. The summed E-state index contributed by atoms with van der Waals surface area (Å²) in [5, 5.41) is 12.5. The Hall–Kier alpha value is -2.60. The molecule has 0 aliphatic carbocycles. The van der Waals surface area contributed by atoms with E-state index < -0.39 is 0 Å². The second kappa shape index (κ2) is 7.56. The molecular weight excluding hydrogens is 362 g/mol. The SMILES string of the molecule is Cc1nn(Cc2ccc(C(=O)NCc3c(C)nn(C)c3C)cc2)c(C)c1Cl. The first-order valence-electron chi connectivity index (χ1n) is 8.83. The smallest absolute Gasteiger partial charge is 0.251 e. The molecule has 0 aliphatic heterocycles. The lowest BCUT2D eigenvalue weighted by Crippen LogP contribution is -2.23. The van der Waals surface area contributed by atoms with Crippen molar-refractivity contribution in [3.63, 3.8) is 0 Å². The zero-order valence-corrected chi connectivity index (χ0v) is 17.1. The highest BCUT2D eigenvalue weighted by Crippen LogP contribution is 2.20. The number of nitrogens with zero attached hydrogens (tertiary/aromatic N) is 4. The molecule has 0 radical (unpaired) electrons. The molecule has 27 heavy (non-hydrogen) atoms. The fraction of sp³-hybridized carbons (Fsp3) is 0.350. The zero-order valence-electron chi connectivity index (χ0n) is 16.3. The van der Waals surface area contributed by atoms with E-state index in [1.54, 1.807) is 0 Å². The van der Waals surface area contributed by atoms with E-state index >= 15 is 0 Å². The summed E-state index contributed by atoms with van der Waals surface area (Å²) in [6.45, 7) is 8.89. The lowest BCUT2D eigenvalue weighted by molar-refractivity contribution is 0.0951. The van der Waals surface area contributed by atoms with Crippen LogP contribution in [0.1, 0.15) is 44.3 Å². The van der Waals surface area contributed by atoms with Crippen molar-refractivity contribution in [1.29, 1.82) is 0 Å². The van der Waals surface area contributed by atoms with E-state index in [9.17, 15) is 4.79 Å².